The van der Waals surface area contributed by atoms with Gasteiger partial charge >= 0.3 is 0 Å². The Labute approximate surface area is 341 Å². The summed E-state index contributed by atoms with van der Waals surface area (Å²) < 4.78 is 6.54. The maximum Gasteiger partial charge on any atom is 0.136 e. The highest BCUT2D eigenvalue weighted by molar-refractivity contribution is 6.71. The maximum atomic E-state index is 7.14. The number of fused-ring (bicyclic) bond motifs is 6. The number of rotatable bonds is 4. The minimum Gasteiger partial charge on any atom is -0.456 e. The summed E-state index contributed by atoms with van der Waals surface area (Å²) in [6, 6.07) is 44.9. The van der Waals surface area contributed by atoms with Crippen LogP contribution in [0.2, 0.25) is 0 Å². The zero-order valence-electron chi connectivity index (χ0n) is 30.7. The van der Waals surface area contributed by atoms with Gasteiger partial charge in [0.05, 0.1) is 0 Å². The second-order valence-corrected chi connectivity index (χ2v) is 14.5. The molecule has 0 unspecified atom stereocenters. The zero-order valence-corrected chi connectivity index (χ0v) is 30.7. The Morgan fingerprint density at radius 2 is 0.789 bits per heavy atom. The summed E-state index contributed by atoms with van der Waals surface area (Å²) in [6.45, 7) is 0. The van der Waals surface area contributed by atoms with Gasteiger partial charge in [-0.1, -0.05) is 131 Å². The van der Waals surface area contributed by atoms with E-state index in [9.17, 15) is 0 Å². The lowest BCUT2D eigenvalue weighted by Crippen LogP contribution is -2.50. The van der Waals surface area contributed by atoms with E-state index in [1.165, 1.54) is 0 Å². The lowest BCUT2D eigenvalue weighted by atomic mass is 9.59. The fourth-order valence-electron chi connectivity index (χ4n) is 8.65. The minimum atomic E-state index is 0.154. The van der Waals surface area contributed by atoms with Gasteiger partial charge in [0.1, 0.15) is 73.9 Å². The molecule has 0 aliphatic carbocycles. The number of furan rings is 1. The van der Waals surface area contributed by atoms with Crippen molar-refractivity contribution in [1.29, 1.82) is 0 Å². The number of hydrogen-bond acceptors (Lipinski definition) is 1. The fourth-order valence-corrected chi connectivity index (χ4v) is 8.65. The van der Waals surface area contributed by atoms with E-state index in [2.05, 4.69) is 54.6 Å². The van der Waals surface area contributed by atoms with Crippen LogP contribution in [0.1, 0.15) is 0 Å². The van der Waals surface area contributed by atoms with Crippen LogP contribution >= 0.6 is 0 Å². The van der Waals surface area contributed by atoms with Crippen molar-refractivity contribution in [2.45, 2.75) is 0 Å². The van der Waals surface area contributed by atoms with Crippen molar-refractivity contribution >= 4 is 161 Å². The van der Waals surface area contributed by atoms with Gasteiger partial charge in [0.25, 0.3) is 0 Å². The first kappa shape index (κ1) is 35.5. The van der Waals surface area contributed by atoms with Crippen LogP contribution in [0.3, 0.4) is 0 Å². The second-order valence-electron chi connectivity index (χ2n) is 14.5. The van der Waals surface area contributed by atoms with Crippen molar-refractivity contribution in [3.63, 3.8) is 0 Å². The fraction of sp³-hybridized carbons (Fsp3) is 0. The van der Waals surface area contributed by atoms with Crippen LogP contribution in [-0.2, 0) is 0 Å². The Kier molecular flexibility index (Phi) is 8.31. The van der Waals surface area contributed by atoms with Crippen molar-refractivity contribution < 1.29 is 4.42 Å². The molecule has 0 spiro atoms. The topological polar surface area (TPSA) is 13.1 Å². The van der Waals surface area contributed by atoms with E-state index in [0.29, 0.717) is 38.3 Å². The summed E-state index contributed by atoms with van der Waals surface area (Å²) >= 11 is 0. The highest BCUT2D eigenvalue weighted by atomic mass is 16.3. The van der Waals surface area contributed by atoms with Crippen LogP contribution in [0.4, 0.5) is 0 Å². The molecule has 0 amide bonds. The average molecular weight is 701 g/mol. The summed E-state index contributed by atoms with van der Waals surface area (Å²) in [6.07, 6.45) is 0. The van der Waals surface area contributed by atoms with Gasteiger partial charge in [0, 0.05) is 10.8 Å². The molecular weight excluding hydrogens is 679 g/mol. The van der Waals surface area contributed by atoms with E-state index in [0.717, 1.165) is 60.5 Å². The molecule has 10 aromatic rings. The third kappa shape index (κ3) is 5.28. The van der Waals surface area contributed by atoms with E-state index in [-0.39, 0.29) is 43.7 Å². The molecule has 1 heterocycles. The van der Waals surface area contributed by atoms with E-state index in [4.69, 9.17) is 67.2 Å². The molecule has 0 bridgehead atoms. The van der Waals surface area contributed by atoms with Crippen LogP contribution in [-0.4, -0.2) is 62.8 Å². The zero-order chi connectivity index (χ0) is 39.3. The van der Waals surface area contributed by atoms with Crippen LogP contribution in [0.5, 0.6) is 0 Å². The summed E-state index contributed by atoms with van der Waals surface area (Å²) in [7, 11) is 55.4. The average Bonchev–Trinajstić information content (AvgIpc) is 3.62. The molecular formula is C48H22B8O. The second kappa shape index (κ2) is 13.3. The SMILES string of the molecule is [B]c1c([B])c([B])c2c(-c3cccc4oc5cc6ccccc6cc5c34)c3c([B])c([B])c([B])c([B])c3c(-c3ccc(-c4ccccc4)c(-c4ccccc4)c3)c2c1[B]. The smallest absolute Gasteiger partial charge is 0.136 e. The molecule has 16 radical (unpaired) electrons. The van der Waals surface area contributed by atoms with Gasteiger partial charge in [-0.05, 0) is 101 Å². The Morgan fingerprint density at radius 1 is 0.298 bits per heavy atom. The van der Waals surface area contributed by atoms with Crippen molar-refractivity contribution in [3.05, 3.63) is 133 Å². The molecule has 57 heavy (non-hydrogen) atoms. The van der Waals surface area contributed by atoms with Crippen molar-refractivity contribution in [1.82, 2.24) is 0 Å². The van der Waals surface area contributed by atoms with Gasteiger partial charge < -0.3 is 4.42 Å². The third-order valence-corrected chi connectivity index (χ3v) is 11.4. The van der Waals surface area contributed by atoms with Crippen molar-refractivity contribution in [3.8, 4) is 44.5 Å². The lowest BCUT2D eigenvalue weighted by molar-refractivity contribution is 0.669. The molecule has 9 heteroatoms. The maximum absolute atomic E-state index is 7.14. The van der Waals surface area contributed by atoms with Gasteiger partial charge in [0.2, 0.25) is 0 Å². The van der Waals surface area contributed by atoms with Crippen LogP contribution in [0, 0.1) is 0 Å². The van der Waals surface area contributed by atoms with Gasteiger partial charge in [-0.25, -0.2) is 0 Å². The highest BCUT2D eigenvalue weighted by Crippen LogP contribution is 2.46. The summed E-state index contributed by atoms with van der Waals surface area (Å²) in [4.78, 5) is 0. The van der Waals surface area contributed by atoms with Gasteiger partial charge in [-0.15, -0.1) is 21.9 Å². The molecule has 9 aromatic carbocycles. The molecule has 244 valence electrons. The minimum absolute atomic E-state index is 0.154. The van der Waals surface area contributed by atoms with Gasteiger partial charge in [-0.3, -0.25) is 0 Å². The first-order valence-corrected chi connectivity index (χ1v) is 18.5. The molecule has 0 fully saturated rings. The van der Waals surface area contributed by atoms with Crippen LogP contribution < -0.4 is 43.7 Å². The molecule has 10 rings (SSSR count). The van der Waals surface area contributed by atoms with E-state index in [1.807, 2.05) is 78.9 Å². The molecule has 1 aromatic heterocycles. The van der Waals surface area contributed by atoms with E-state index >= 15 is 0 Å². The van der Waals surface area contributed by atoms with Crippen LogP contribution in [0.25, 0.3) is 98.8 Å². The van der Waals surface area contributed by atoms with E-state index < -0.39 is 0 Å². The third-order valence-electron chi connectivity index (χ3n) is 11.4. The molecule has 0 N–H and O–H groups in total. The predicted molar refractivity (Wildman–Crippen MR) is 251 cm³/mol. The van der Waals surface area contributed by atoms with Gasteiger partial charge in [0.15, 0.2) is 0 Å². The van der Waals surface area contributed by atoms with E-state index in [1.54, 1.807) is 0 Å². The molecule has 1 nitrogen and oxygen atoms in total. The lowest BCUT2D eigenvalue weighted by Gasteiger charge is -2.29. The molecule has 0 aliphatic heterocycles. The Bertz CT molecular complexity index is 3240. The Balaban J connectivity index is 1.43. The van der Waals surface area contributed by atoms with Crippen molar-refractivity contribution in [2.75, 3.05) is 0 Å². The largest absolute Gasteiger partial charge is 0.456 e. The predicted octanol–water partition coefficient (Wildman–Crippen LogP) is 4.06. The standard InChI is InChI=1S/C48H22B8O/c49-41-37-34(27-18-19-28(23-10-3-1-4-11-23)30(21-27)24-12-5-2-6-13-24)38-40(44(52)48(56)46(54)42(38)50)36(39(37)43(51)47(55)45(41)53)29-16-9-17-32-35(29)31-20-25-14-7-8-15-26(25)22-33(31)57-32/h1-22H. The van der Waals surface area contributed by atoms with Gasteiger partial charge in [-0.2, -0.15) is 0 Å². The summed E-state index contributed by atoms with van der Waals surface area (Å²) in [5.74, 6) is 0. The Morgan fingerprint density at radius 3 is 1.35 bits per heavy atom. The Hall–Kier alpha value is -5.92. The number of hydrogen-bond donors (Lipinski definition) is 0. The molecule has 0 atom stereocenters. The first-order chi connectivity index (χ1) is 27.6. The summed E-state index contributed by atoms with van der Waals surface area (Å²) in [5, 5.41) is 6.06. The first-order valence-electron chi connectivity index (χ1n) is 18.5. The number of benzene rings is 9. The normalized spacial score (nSPS) is 11.7. The summed E-state index contributed by atoms with van der Waals surface area (Å²) in [5.41, 5.74) is 9.87. The quantitative estimate of drug-likeness (QED) is 0.200. The highest BCUT2D eigenvalue weighted by Gasteiger charge is 2.27. The van der Waals surface area contributed by atoms with Crippen LogP contribution in [0.15, 0.2) is 138 Å². The monoisotopic (exact) mass is 702 g/mol. The molecule has 0 saturated carbocycles. The molecule has 0 saturated heterocycles. The van der Waals surface area contributed by atoms with Crippen molar-refractivity contribution in [2.24, 2.45) is 0 Å². The molecule has 0 aliphatic rings.